The molecule has 0 saturated heterocycles. The number of carbonyl (C=O) groups is 1. The number of allylic oxidation sites excluding steroid dienone is 1. The summed E-state index contributed by atoms with van der Waals surface area (Å²) in [6.45, 7) is 0. The van der Waals surface area contributed by atoms with Gasteiger partial charge in [0.05, 0.1) is 11.9 Å². The van der Waals surface area contributed by atoms with Crippen LogP contribution in [0.1, 0.15) is 16.1 Å². The number of aromatic nitrogens is 1. The van der Waals surface area contributed by atoms with Crippen molar-refractivity contribution in [2.24, 2.45) is 0 Å². The van der Waals surface area contributed by atoms with Crippen LogP contribution in [0.3, 0.4) is 0 Å². The normalized spacial score (nSPS) is 10.6. The zero-order valence-electron chi connectivity index (χ0n) is 9.08. The van der Waals surface area contributed by atoms with E-state index in [4.69, 9.17) is 5.11 Å². The minimum absolute atomic E-state index is 0.0690. The van der Waals surface area contributed by atoms with E-state index in [1.807, 2.05) is 18.2 Å². The molecule has 0 saturated carbocycles. The molecule has 1 N–H and O–H groups in total. The number of benzene rings is 1. The minimum atomic E-state index is -0.0690. The topological polar surface area (TPSA) is 50.2 Å². The third kappa shape index (κ3) is 3.01. The van der Waals surface area contributed by atoms with Crippen LogP contribution in [-0.4, -0.2) is 15.9 Å². The maximum atomic E-state index is 11.7. The molecule has 0 aliphatic carbocycles. The summed E-state index contributed by atoms with van der Waals surface area (Å²) in [6, 6.07) is 12.2. The summed E-state index contributed by atoms with van der Waals surface area (Å²) >= 11 is 0. The van der Waals surface area contributed by atoms with Gasteiger partial charge < -0.3 is 5.11 Å². The van der Waals surface area contributed by atoms with E-state index >= 15 is 0 Å². The van der Waals surface area contributed by atoms with Crippen molar-refractivity contribution in [3.63, 3.8) is 0 Å². The second-order valence-corrected chi connectivity index (χ2v) is 3.50. The highest BCUT2D eigenvalue weighted by Crippen LogP contribution is 2.08. The van der Waals surface area contributed by atoms with Crippen molar-refractivity contribution in [2.45, 2.75) is 0 Å². The van der Waals surface area contributed by atoms with Crippen LogP contribution in [0, 0.1) is 0 Å². The predicted molar refractivity (Wildman–Crippen MR) is 65.7 cm³/mol. The molecule has 0 radical (unpaired) electrons. The van der Waals surface area contributed by atoms with Gasteiger partial charge in [-0.1, -0.05) is 30.3 Å². The lowest BCUT2D eigenvalue weighted by molar-refractivity contribution is 0.104. The Morgan fingerprint density at radius 2 is 1.88 bits per heavy atom. The monoisotopic (exact) mass is 225 g/mol. The Morgan fingerprint density at radius 1 is 1.12 bits per heavy atom. The minimum Gasteiger partial charge on any atom is -0.506 e. The van der Waals surface area contributed by atoms with Gasteiger partial charge in [0.25, 0.3) is 0 Å². The van der Waals surface area contributed by atoms with E-state index in [2.05, 4.69) is 4.98 Å². The molecule has 0 aliphatic rings. The molecule has 0 unspecified atom stereocenters. The molecule has 84 valence electrons. The number of carbonyl (C=O) groups excluding carboxylic acids is 1. The molecule has 0 fully saturated rings. The van der Waals surface area contributed by atoms with E-state index in [0.717, 1.165) is 0 Å². The first-order valence-electron chi connectivity index (χ1n) is 5.18. The van der Waals surface area contributed by atoms with Gasteiger partial charge in [0.2, 0.25) is 0 Å². The highest BCUT2D eigenvalue weighted by molar-refractivity contribution is 6.06. The Kier molecular flexibility index (Phi) is 3.31. The summed E-state index contributed by atoms with van der Waals surface area (Å²) in [4.78, 5) is 15.7. The van der Waals surface area contributed by atoms with Crippen LogP contribution in [0.5, 0.6) is 5.75 Å². The molecule has 3 heteroatoms. The Balaban J connectivity index is 2.11. The Morgan fingerprint density at radius 3 is 2.53 bits per heavy atom. The van der Waals surface area contributed by atoms with Crippen molar-refractivity contribution in [1.82, 2.24) is 4.98 Å². The van der Waals surface area contributed by atoms with Crippen LogP contribution in [0.15, 0.2) is 54.7 Å². The molecule has 2 rings (SSSR count). The Hall–Kier alpha value is -2.42. The van der Waals surface area contributed by atoms with E-state index in [1.54, 1.807) is 24.3 Å². The first kappa shape index (κ1) is 11.1. The number of hydrogen-bond acceptors (Lipinski definition) is 3. The third-order valence-electron chi connectivity index (χ3n) is 2.23. The lowest BCUT2D eigenvalue weighted by Gasteiger charge is -1.95. The molecule has 2 aromatic rings. The maximum absolute atomic E-state index is 11.7. The lowest BCUT2D eigenvalue weighted by Crippen LogP contribution is -1.92. The highest BCUT2D eigenvalue weighted by atomic mass is 16.3. The average Bonchev–Trinajstić information content (AvgIpc) is 2.39. The summed E-state index contributed by atoms with van der Waals surface area (Å²) in [5, 5.41) is 9.06. The van der Waals surface area contributed by atoms with Crippen molar-refractivity contribution in [2.75, 3.05) is 0 Å². The van der Waals surface area contributed by atoms with E-state index in [0.29, 0.717) is 11.3 Å². The Labute approximate surface area is 99.1 Å². The zero-order chi connectivity index (χ0) is 12.1. The van der Waals surface area contributed by atoms with Crippen LogP contribution >= 0.6 is 0 Å². The highest BCUT2D eigenvalue weighted by Gasteiger charge is 1.99. The summed E-state index contributed by atoms with van der Waals surface area (Å²) in [7, 11) is 0. The van der Waals surface area contributed by atoms with Crippen molar-refractivity contribution in [3.8, 4) is 5.75 Å². The summed E-state index contributed by atoms with van der Waals surface area (Å²) in [6.07, 6.45) is 4.43. The van der Waals surface area contributed by atoms with Crippen molar-refractivity contribution in [1.29, 1.82) is 0 Å². The fourth-order valence-electron chi connectivity index (χ4n) is 1.36. The molecule has 0 bridgehead atoms. The fraction of sp³-hybridized carbons (Fsp3) is 0. The predicted octanol–water partition coefficient (Wildman–Crippen LogP) is 2.68. The van der Waals surface area contributed by atoms with E-state index in [-0.39, 0.29) is 11.5 Å². The van der Waals surface area contributed by atoms with Gasteiger partial charge in [0, 0.05) is 5.56 Å². The van der Waals surface area contributed by atoms with E-state index in [9.17, 15) is 4.79 Å². The van der Waals surface area contributed by atoms with Gasteiger partial charge in [0.15, 0.2) is 5.78 Å². The van der Waals surface area contributed by atoms with Gasteiger partial charge in [-0.2, -0.15) is 0 Å². The molecule has 1 aromatic carbocycles. The number of nitrogens with zero attached hydrogens (tertiary/aromatic N) is 1. The molecule has 0 amide bonds. The van der Waals surface area contributed by atoms with Crippen LogP contribution in [0.4, 0.5) is 0 Å². The van der Waals surface area contributed by atoms with Crippen molar-refractivity contribution in [3.05, 3.63) is 66.0 Å². The molecule has 0 spiro atoms. The molecule has 17 heavy (non-hydrogen) atoms. The molecular formula is C14H11NO2. The second-order valence-electron chi connectivity index (χ2n) is 3.50. The number of pyridine rings is 1. The van der Waals surface area contributed by atoms with Crippen LogP contribution in [0.2, 0.25) is 0 Å². The second kappa shape index (κ2) is 5.07. The summed E-state index contributed by atoms with van der Waals surface area (Å²) in [5.74, 6) is 0.0389. The SMILES string of the molecule is O=C(C=Cc1ccc(O)cn1)c1ccccc1. The van der Waals surface area contributed by atoms with E-state index < -0.39 is 0 Å². The fourth-order valence-corrected chi connectivity index (χ4v) is 1.36. The Bertz CT molecular complexity index is 530. The van der Waals surface area contributed by atoms with Crippen molar-refractivity contribution < 1.29 is 9.90 Å². The van der Waals surface area contributed by atoms with Gasteiger partial charge in [-0.3, -0.25) is 9.78 Å². The van der Waals surface area contributed by atoms with Crippen LogP contribution < -0.4 is 0 Å². The molecule has 0 aliphatic heterocycles. The number of rotatable bonds is 3. The van der Waals surface area contributed by atoms with Crippen molar-refractivity contribution >= 4 is 11.9 Å². The summed E-state index contributed by atoms with van der Waals surface area (Å²) in [5.41, 5.74) is 1.27. The van der Waals surface area contributed by atoms with Crippen LogP contribution in [0.25, 0.3) is 6.08 Å². The molecule has 0 atom stereocenters. The summed E-state index contributed by atoms with van der Waals surface area (Å²) < 4.78 is 0. The molecule has 3 nitrogen and oxygen atoms in total. The first-order valence-corrected chi connectivity index (χ1v) is 5.18. The molecule has 1 aromatic heterocycles. The smallest absolute Gasteiger partial charge is 0.185 e. The zero-order valence-corrected chi connectivity index (χ0v) is 9.08. The number of ketones is 1. The molecular weight excluding hydrogens is 214 g/mol. The first-order chi connectivity index (χ1) is 8.25. The quantitative estimate of drug-likeness (QED) is 0.645. The van der Waals surface area contributed by atoms with Gasteiger partial charge in [-0.15, -0.1) is 0 Å². The van der Waals surface area contributed by atoms with Gasteiger partial charge >= 0.3 is 0 Å². The lowest BCUT2D eigenvalue weighted by atomic mass is 10.1. The maximum Gasteiger partial charge on any atom is 0.185 e. The average molecular weight is 225 g/mol. The standard InChI is InChI=1S/C14H11NO2/c16-13-8-6-12(15-10-13)7-9-14(17)11-4-2-1-3-5-11/h1-10,16H. The number of hydrogen-bond donors (Lipinski definition) is 1. The third-order valence-corrected chi connectivity index (χ3v) is 2.23. The van der Waals surface area contributed by atoms with Crippen LogP contribution in [-0.2, 0) is 0 Å². The van der Waals surface area contributed by atoms with Gasteiger partial charge in [-0.05, 0) is 24.3 Å². The van der Waals surface area contributed by atoms with E-state index in [1.165, 1.54) is 18.3 Å². The van der Waals surface area contributed by atoms with Gasteiger partial charge in [-0.25, -0.2) is 0 Å². The molecule has 1 heterocycles. The van der Waals surface area contributed by atoms with Gasteiger partial charge in [0.1, 0.15) is 5.75 Å². The number of aromatic hydroxyl groups is 1. The largest absolute Gasteiger partial charge is 0.506 e.